The first-order chi connectivity index (χ1) is 14.0. The van der Waals surface area contributed by atoms with E-state index in [9.17, 15) is 9.59 Å². The molecule has 0 bridgehead atoms. The minimum Gasteiger partial charge on any atom is -0.487 e. The van der Waals surface area contributed by atoms with Gasteiger partial charge in [0.2, 0.25) is 11.8 Å². The molecule has 0 radical (unpaired) electrons. The number of ether oxygens (including phenoxy) is 2. The highest BCUT2D eigenvalue weighted by atomic mass is 16.5. The Bertz CT molecular complexity index is 1010. The summed E-state index contributed by atoms with van der Waals surface area (Å²) in [5.74, 6) is 0.0442. The first-order valence-corrected chi connectivity index (χ1v) is 8.92. The Morgan fingerprint density at radius 1 is 1.03 bits per heavy atom. The van der Waals surface area contributed by atoms with E-state index in [2.05, 4.69) is 15.3 Å². The molecule has 3 N–H and O–H groups in total. The summed E-state index contributed by atoms with van der Waals surface area (Å²) in [6.45, 7) is 2.61. The molecule has 1 aromatic carbocycles. The summed E-state index contributed by atoms with van der Waals surface area (Å²) >= 11 is 0. The molecule has 0 saturated carbocycles. The molecular formula is C21H20N4O4. The summed E-state index contributed by atoms with van der Waals surface area (Å²) in [5, 5.41) is 2.82. The van der Waals surface area contributed by atoms with Crippen LogP contribution in [0.5, 0.6) is 11.6 Å². The molecule has 0 fully saturated rings. The zero-order chi connectivity index (χ0) is 20.6. The minimum atomic E-state index is -0.573. The van der Waals surface area contributed by atoms with Gasteiger partial charge in [0, 0.05) is 24.1 Å². The summed E-state index contributed by atoms with van der Waals surface area (Å²) in [5.41, 5.74) is 7.38. The van der Waals surface area contributed by atoms with Gasteiger partial charge in [-0.2, -0.15) is 0 Å². The molecule has 148 valence electrons. The lowest BCUT2D eigenvalue weighted by molar-refractivity contribution is 0.0996. The third-order valence-corrected chi connectivity index (χ3v) is 3.88. The number of rotatable bonds is 8. The van der Waals surface area contributed by atoms with E-state index in [4.69, 9.17) is 15.2 Å². The van der Waals surface area contributed by atoms with Crippen LogP contribution in [-0.2, 0) is 6.61 Å². The molecule has 8 nitrogen and oxygen atoms in total. The van der Waals surface area contributed by atoms with Gasteiger partial charge >= 0.3 is 0 Å². The second kappa shape index (κ2) is 9.32. The van der Waals surface area contributed by atoms with Gasteiger partial charge in [-0.1, -0.05) is 12.1 Å². The molecular weight excluding hydrogens is 372 g/mol. The van der Waals surface area contributed by atoms with Crippen LogP contribution in [0.1, 0.15) is 33.2 Å². The Hall–Kier alpha value is -3.94. The Balaban J connectivity index is 1.62. The Labute approximate surface area is 167 Å². The molecule has 0 aliphatic rings. The maximum Gasteiger partial charge on any atom is 0.257 e. The number of anilines is 1. The molecule has 0 aliphatic heterocycles. The predicted molar refractivity (Wildman–Crippen MR) is 107 cm³/mol. The van der Waals surface area contributed by atoms with Gasteiger partial charge in [-0.05, 0) is 36.8 Å². The molecule has 0 aliphatic carbocycles. The highest BCUT2D eigenvalue weighted by molar-refractivity contribution is 6.04. The fourth-order valence-corrected chi connectivity index (χ4v) is 2.49. The third-order valence-electron chi connectivity index (χ3n) is 3.88. The van der Waals surface area contributed by atoms with Crippen molar-refractivity contribution >= 4 is 17.5 Å². The monoisotopic (exact) mass is 392 g/mol. The van der Waals surface area contributed by atoms with Crippen LogP contribution in [0.25, 0.3) is 0 Å². The number of amides is 2. The Morgan fingerprint density at radius 2 is 1.90 bits per heavy atom. The van der Waals surface area contributed by atoms with Crippen molar-refractivity contribution in [2.45, 2.75) is 13.5 Å². The van der Waals surface area contributed by atoms with Crippen molar-refractivity contribution in [2.75, 3.05) is 11.9 Å². The van der Waals surface area contributed by atoms with Crippen LogP contribution in [0.3, 0.4) is 0 Å². The highest BCUT2D eigenvalue weighted by Gasteiger charge is 2.08. The predicted octanol–water partition coefficient (Wildman–Crippen LogP) is 2.81. The lowest BCUT2D eigenvalue weighted by atomic mass is 10.2. The number of carbonyl (C=O) groups is 2. The molecule has 2 amide bonds. The quantitative estimate of drug-likeness (QED) is 0.609. The average molecular weight is 392 g/mol. The van der Waals surface area contributed by atoms with Gasteiger partial charge in [-0.15, -0.1) is 0 Å². The number of nitrogens with zero attached hydrogens (tertiary/aromatic N) is 2. The molecule has 29 heavy (non-hydrogen) atoms. The van der Waals surface area contributed by atoms with Crippen molar-refractivity contribution in [3.05, 3.63) is 77.7 Å². The van der Waals surface area contributed by atoms with E-state index in [0.29, 0.717) is 29.5 Å². The van der Waals surface area contributed by atoms with E-state index < -0.39 is 5.91 Å². The molecule has 3 aromatic rings. The highest BCUT2D eigenvalue weighted by Crippen LogP contribution is 2.17. The first kappa shape index (κ1) is 19.8. The van der Waals surface area contributed by atoms with Crippen molar-refractivity contribution in [2.24, 2.45) is 5.73 Å². The minimum absolute atomic E-state index is 0.234. The maximum atomic E-state index is 12.4. The van der Waals surface area contributed by atoms with Crippen LogP contribution in [-0.4, -0.2) is 28.4 Å². The van der Waals surface area contributed by atoms with E-state index in [1.807, 2.05) is 19.1 Å². The van der Waals surface area contributed by atoms with Gasteiger partial charge in [0.15, 0.2) is 0 Å². The van der Waals surface area contributed by atoms with Crippen LogP contribution >= 0.6 is 0 Å². The number of nitrogens with two attached hydrogens (primary N) is 1. The molecule has 2 aromatic heterocycles. The number of nitrogens with one attached hydrogen (secondary N) is 1. The van der Waals surface area contributed by atoms with Gasteiger partial charge < -0.3 is 20.5 Å². The number of hydrogen-bond acceptors (Lipinski definition) is 6. The number of aromatic nitrogens is 2. The molecule has 2 heterocycles. The van der Waals surface area contributed by atoms with E-state index in [1.165, 1.54) is 24.7 Å². The Kier molecular flexibility index (Phi) is 6.36. The zero-order valence-corrected chi connectivity index (χ0v) is 15.8. The van der Waals surface area contributed by atoms with Crippen LogP contribution in [0.2, 0.25) is 0 Å². The normalized spacial score (nSPS) is 10.2. The zero-order valence-electron chi connectivity index (χ0n) is 15.8. The fraction of sp³-hybridized carbons (Fsp3) is 0.143. The topological polar surface area (TPSA) is 116 Å². The number of pyridine rings is 2. The van der Waals surface area contributed by atoms with E-state index in [0.717, 1.165) is 5.56 Å². The summed E-state index contributed by atoms with van der Waals surface area (Å²) in [7, 11) is 0. The second-order valence-corrected chi connectivity index (χ2v) is 6.03. The smallest absolute Gasteiger partial charge is 0.257 e. The standard InChI is InChI=1S/C21H20N4O4/c1-2-28-19-7-6-15(11-24-19)21(27)25-17-5-3-4-14(8-17)13-29-18-9-16(20(22)26)10-23-12-18/h3-12H,2,13H2,1H3,(H2,22,26)(H,25,27). The molecule has 8 heteroatoms. The van der Waals surface area contributed by atoms with Gasteiger partial charge in [0.05, 0.1) is 23.9 Å². The number of hydrogen-bond donors (Lipinski definition) is 2. The van der Waals surface area contributed by atoms with Crippen molar-refractivity contribution < 1.29 is 19.1 Å². The molecule has 3 rings (SSSR count). The van der Waals surface area contributed by atoms with Crippen molar-refractivity contribution in [3.8, 4) is 11.6 Å². The average Bonchev–Trinajstić information content (AvgIpc) is 2.73. The molecule has 0 spiro atoms. The van der Waals surface area contributed by atoms with Gasteiger partial charge in [0.25, 0.3) is 5.91 Å². The van der Waals surface area contributed by atoms with Gasteiger partial charge in [-0.3, -0.25) is 14.6 Å². The van der Waals surface area contributed by atoms with E-state index >= 15 is 0 Å². The second-order valence-electron chi connectivity index (χ2n) is 6.03. The van der Waals surface area contributed by atoms with Gasteiger partial charge in [0.1, 0.15) is 12.4 Å². The van der Waals surface area contributed by atoms with E-state index in [1.54, 1.807) is 24.3 Å². The summed E-state index contributed by atoms with van der Waals surface area (Å²) in [6, 6.07) is 12.1. The van der Waals surface area contributed by atoms with E-state index in [-0.39, 0.29) is 18.1 Å². The molecule has 0 unspecified atom stereocenters. The number of carbonyl (C=O) groups excluding carboxylic acids is 2. The van der Waals surface area contributed by atoms with Crippen LogP contribution in [0.15, 0.2) is 61.1 Å². The SMILES string of the molecule is CCOc1ccc(C(=O)Nc2cccc(COc3cncc(C(N)=O)c3)c2)cn1. The number of primary amides is 1. The fourth-order valence-electron chi connectivity index (χ4n) is 2.49. The van der Waals surface area contributed by atoms with Crippen molar-refractivity contribution in [1.82, 2.24) is 9.97 Å². The van der Waals surface area contributed by atoms with Gasteiger partial charge in [-0.25, -0.2) is 4.98 Å². The van der Waals surface area contributed by atoms with Crippen molar-refractivity contribution in [1.29, 1.82) is 0 Å². The van der Waals surface area contributed by atoms with Crippen LogP contribution < -0.4 is 20.5 Å². The summed E-state index contributed by atoms with van der Waals surface area (Å²) in [6.07, 6.45) is 4.34. The lowest BCUT2D eigenvalue weighted by Crippen LogP contribution is -2.12. The molecule has 0 atom stereocenters. The maximum absolute atomic E-state index is 12.4. The summed E-state index contributed by atoms with van der Waals surface area (Å²) < 4.78 is 10.9. The Morgan fingerprint density at radius 3 is 2.62 bits per heavy atom. The third kappa shape index (κ3) is 5.52. The van der Waals surface area contributed by atoms with Crippen LogP contribution in [0.4, 0.5) is 5.69 Å². The van der Waals surface area contributed by atoms with Crippen LogP contribution in [0, 0.1) is 0 Å². The summed E-state index contributed by atoms with van der Waals surface area (Å²) in [4.78, 5) is 31.6. The largest absolute Gasteiger partial charge is 0.487 e. The molecule has 0 saturated heterocycles. The first-order valence-electron chi connectivity index (χ1n) is 8.92. The van der Waals surface area contributed by atoms with Crippen molar-refractivity contribution in [3.63, 3.8) is 0 Å². The lowest BCUT2D eigenvalue weighted by Gasteiger charge is -2.10. The number of benzene rings is 1.